The molecule has 2 aromatic carbocycles. The van der Waals surface area contributed by atoms with Crippen LogP contribution < -0.4 is 0 Å². The van der Waals surface area contributed by atoms with Gasteiger partial charge in [-0.3, -0.25) is 4.90 Å². The average molecular weight is 305 g/mol. The Balaban J connectivity index is 1.40. The lowest BCUT2D eigenvalue weighted by atomic mass is 9.99. The molecule has 2 aliphatic heterocycles. The average Bonchev–Trinajstić information content (AvgIpc) is 3.05. The van der Waals surface area contributed by atoms with Crippen LogP contribution in [0.3, 0.4) is 0 Å². The number of hydrogen-bond acceptors (Lipinski definition) is 1. The number of nitrogens with zero attached hydrogens (tertiary/aromatic N) is 1. The van der Waals surface area contributed by atoms with Crippen LogP contribution in [-0.4, -0.2) is 17.5 Å². The highest BCUT2D eigenvalue weighted by Gasteiger charge is 2.35. The van der Waals surface area contributed by atoms with Gasteiger partial charge < -0.3 is 0 Å². The van der Waals surface area contributed by atoms with Crippen molar-refractivity contribution in [2.75, 3.05) is 6.54 Å². The predicted molar refractivity (Wildman–Crippen MR) is 96.6 cm³/mol. The normalized spacial score (nSPS) is 24.5. The van der Waals surface area contributed by atoms with Crippen LogP contribution in [0.15, 0.2) is 54.6 Å². The van der Waals surface area contributed by atoms with Crippen molar-refractivity contribution in [3.05, 3.63) is 71.3 Å². The van der Waals surface area contributed by atoms with Crippen molar-refractivity contribution in [2.45, 2.75) is 57.0 Å². The van der Waals surface area contributed by atoms with Gasteiger partial charge in [-0.25, -0.2) is 0 Å². The van der Waals surface area contributed by atoms with Gasteiger partial charge in [0, 0.05) is 12.1 Å². The fourth-order valence-electron chi connectivity index (χ4n) is 4.46. The summed E-state index contributed by atoms with van der Waals surface area (Å²) in [6.07, 6.45) is 9.29. The van der Waals surface area contributed by atoms with Gasteiger partial charge >= 0.3 is 0 Å². The zero-order chi connectivity index (χ0) is 15.5. The molecule has 2 aromatic rings. The number of benzene rings is 2. The summed E-state index contributed by atoms with van der Waals surface area (Å²) in [4.78, 5) is 2.78. The van der Waals surface area contributed by atoms with Gasteiger partial charge in [0.25, 0.3) is 0 Å². The smallest absolute Gasteiger partial charge is 0.0351 e. The Morgan fingerprint density at radius 1 is 0.739 bits per heavy atom. The van der Waals surface area contributed by atoms with E-state index in [1.165, 1.54) is 55.3 Å². The van der Waals surface area contributed by atoms with Gasteiger partial charge in [-0.2, -0.15) is 0 Å². The summed E-state index contributed by atoms with van der Waals surface area (Å²) in [6, 6.07) is 21.9. The van der Waals surface area contributed by atoms with Crippen LogP contribution in [0.2, 0.25) is 0 Å². The fraction of sp³-hybridized carbons (Fsp3) is 0.455. The summed E-state index contributed by atoms with van der Waals surface area (Å²) in [6.45, 7) is 1.31. The summed E-state index contributed by atoms with van der Waals surface area (Å²) in [5, 5.41) is 0. The summed E-state index contributed by atoms with van der Waals surface area (Å²) in [5.41, 5.74) is 4.44. The van der Waals surface area contributed by atoms with E-state index in [1.54, 1.807) is 0 Å². The molecule has 0 aliphatic carbocycles. The zero-order valence-corrected chi connectivity index (χ0v) is 14.0. The molecule has 0 N–H and O–H groups in total. The third kappa shape index (κ3) is 3.35. The van der Waals surface area contributed by atoms with E-state index in [0.29, 0.717) is 6.04 Å². The van der Waals surface area contributed by atoms with Crippen LogP contribution >= 0.6 is 0 Å². The lowest BCUT2D eigenvalue weighted by Gasteiger charge is -2.34. The molecule has 1 nitrogen and oxygen atoms in total. The Morgan fingerprint density at radius 3 is 2.26 bits per heavy atom. The minimum atomic E-state index is 0.684. The maximum Gasteiger partial charge on any atom is 0.0351 e. The second-order valence-corrected chi connectivity index (χ2v) is 7.21. The number of rotatable bonds is 4. The molecule has 2 fully saturated rings. The summed E-state index contributed by atoms with van der Waals surface area (Å²) >= 11 is 0. The fourth-order valence-corrected chi connectivity index (χ4v) is 4.46. The number of hydrogen-bond donors (Lipinski definition) is 0. The Bertz CT molecular complexity index is 616. The van der Waals surface area contributed by atoms with E-state index in [9.17, 15) is 0 Å². The van der Waals surface area contributed by atoms with E-state index >= 15 is 0 Å². The molecule has 0 radical (unpaired) electrons. The number of aryl methyl sites for hydroxylation is 2. The van der Waals surface area contributed by atoms with Crippen molar-refractivity contribution in [3.8, 4) is 0 Å². The number of piperidine rings is 1. The molecule has 2 saturated heterocycles. The zero-order valence-electron chi connectivity index (χ0n) is 14.0. The Kier molecular flexibility index (Phi) is 4.48. The van der Waals surface area contributed by atoms with E-state index < -0.39 is 0 Å². The molecular formula is C22H27N. The minimum Gasteiger partial charge on any atom is -0.293 e. The molecular weight excluding hydrogens is 278 g/mol. The molecule has 0 saturated carbocycles. The van der Waals surface area contributed by atoms with Gasteiger partial charge in [0.15, 0.2) is 0 Å². The topological polar surface area (TPSA) is 3.24 Å². The molecule has 120 valence electrons. The second-order valence-electron chi connectivity index (χ2n) is 7.21. The van der Waals surface area contributed by atoms with E-state index in [2.05, 4.69) is 59.5 Å². The predicted octanol–water partition coefficient (Wildman–Crippen LogP) is 5.16. The molecule has 23 heavy (non-hydrogen) atoms. The highest BCUT2D eigenvalue weighted by atomic mass is 15.2. The standard InChI is InChI=1S/C22H27N/c1-2-6-18(7-3-1)9-10-19-11-13-20(14-12-19)22-16-15-21-8-4-5-17-23(21)22/h1-3,6-7,11-14,21-22H,4-5,8-10,15-17H2/t21-,22-/m1/s1. The molecule has 0 aromatic heterocycles. The third-order valence-corrected chi connectivity index (χ3v) is 5.76. The first-order valence-corrected chi connectivity index (χ1v) is 9.29. The van der Waals surface area contributed by atoms with Crippen molar-refractivity contribution in [2.24, 2.45) is 0 Å². The van der Waals surface area contributed by atoms with Crippen LogP contribution in [0.5, 0.6) is 0 Å². The van der Waals surface area contributed by atoms with Gasteiger partial charge in [0.05, 0.1) is 0 Å². The first-order valence-electron chi connectivity index (χ1n) is 9.29. The van der Waals surface area contributed by atoms with Crippen molar-refractivity contribution in [1.82, 2.24) is 4.90 Å². The molecule has 1 heteroatoms. The van der Waals surface area contributed by atoms with Crippen LogP contribution in [0.25, 0.3) is 0 Å². The van der Waals surface area contributed by atoms with Gasteiger partial charge in [-0.05, 0) is 61.8 Å². The number of fused-ring (bicyclic) bond motifs is 1. The van der Waals surface area contributed by atoms with E-state index in [0.717, 1.165) is 18.9 Å². The summed E-state index contributed by atoms with van der Waals surface area (Å²) in [5.74, 6) is 0. The Morgan fingerprint density at radius 2 is 1.48 bits per heavy atom. The van der Waals surface area contributed by atoms with Gasteiger partial charge in [-0.1, -0.05) is 61.0 Å². The Hall–Kier alpha value is -1.60. The van der Waals surface area contributed by atoms with Gasteiger partial charge in [0.2, 0.25) is 0 Å². The molecule has 2 atom stereocenters. The van der Waals surface area contributed by atoms with Crippen molar-refractivity contribution in [3.63, 3.8) is 0 Å². The molecule has 0 spiro atoms. The van der Waals surface area contributed by atoms with E-state index in [1.807, 2.05) is 0 Å². The summed E-state index contributed by atoms with van der Waals surface area (Å²) in [7, 11) is 0. The van der Waals surface area contributed by atoms with Crippen molar-refractivity contribution in [1.29, 1.82) is 0 Å². The lowest BCUT2D eigenvalue weighted by molar-refractivity contribution is 0.150. The highest BCUT2D eigenvalue weighted by molar-refractivity contribution is 5.27. The lowest BCUT2D eigenvalue weighted by Crippen LogP contribution is -2.35. The quantitative estimate of drug-likeness (QED) is 0.754. The molecule has 2 aliphatic rings. The third-order valence-electron chi connectivity index (χ3n) is 5.76. The van der Waals surface area contributed by atoms with Crippen molar-refractivity contribution < 1.29 is 0 Å². The monoisotopic (exact) mass is 305 g/mol. The van der Waals surface area contributed by atoms with Gasteiger partial charge in [0.1, 0.15) is 0 Å². The molecule has 0 amide bonds. The summed E-state index contributed by atoms with van der Waals surface area (Å²) < 4.78 is 0. The van der Waals surface area contributed by atoms with Crippen LogP contribution in [0, 0.1) is 0 Å². The van der Waals surface area contributed by atoms with Crippen LogP contribution in [-0.2, 0) is 12.8 Å². The molecule has 0 bridgehead atoms. The first kappa shape index (κ1) is 15.0. The maximum atomic E-state index is 2.78. The van der Waals surface area contributed by atoms with E-state index in [-0.39, 0.29) is 0 Å². The van der Waals surface area contributed by atoms with Crippen LogP contribution in [0.4, 0.5) is 0 Å². The maximum absolute atomic E-state index is 2.78. The molecule has 4 rings (SSSR count). The molecule has 2 heterocycles. The van der Waals surface area contributed by atoms with Crippen LogP contribution in [0.1, 0.15) is 54.8 Å². The largest absolute Gasteiger partial charge is 0.293 e. The minimum absolute atomic E-state index is 0.684. The van der Waals surface area contributed by atoms with Gasteiger partial charge in [-0.15, -0.1) is 0 Å². The first-order chi connectivity index (χ1) is 11.4. The van der Waals surface area contributed by atoms with Crippen molar-refractivity contribution >= 4 is 0 Å². The molecule has 0 unspecified atom stereocenters. The SMILES string of the molecule is c1ccc(CCc2ccc([C@H]3CC[C@H]4CCCCN43)cc2)cc1. The highest BCUT2D eigenvalue weighted by Crippen LogP contribution is 2.40. The second kappa shape index (κ2) is 6.88. The Labute approximate surface area is 140 Å². The van der Waals surface area contributed by atoms with E-state index in [4.69, 9.17) is 0 Å².